The molecule has 5 aliphatic heterocycles. The molecule has 5 heterocycles. The Morgan fingerprint density at radius 2 is 1.39 bits per heavy atom. The number of aryl methyl sites for hydroxylation is 1. The van der Waals surface area contributed by atoms with Gasteiger partial charge in [-0.1, -0.05) is 48.5 Å². The first-order valence-electron chi connectivity index (χ1n) is 20.8. The minimum atomic E-state index is -0.281. The first kappa shape index (κ1) is 35.3. The number of phenolic OH excluding ortho intramolecular Hbond substituents is 1. The van der Waals surface area contributed by atoms with Crippen molar-refractivity contribution in [2.24, 2.45) is 5.41 Å². The molecule has 4 saturated heterocycles. The maximum atomic E-state index is 13.2. The van der Waals surface area contributed by atoms with E-state index in [0.29, 0.717) is 42.5 Å². The Morgan fingerprint density at radius 1 is 0.643 bits per heavy atom. The second-order valence-electron chi connectivity index (χ2n) is 17.3. The van der Waals surface area contributed by atoms with Gasteiger partial charge in [-0.15, -0.1) is 0 Å². The van der Waals surface area contributed by atoms with Gasteiger partial charge in [0.1, 0.15) is 5.75 Å². The number of rotatable bonds is 6. The summed E-state index contributed by atoms with van der Waals surface area (Å²) in [5.41, 5.74) is 9.55. The molecule has 9 heteroatoms. The van der Waals surface area contributed by atoms with Crippen molar-refractivity contribution in [3.8, 4) is 5.75 Å². The third-order valence-electron chi connectivity index (χ3n) is 14.1. The van der Waals surface area contributed by atoms with Gasteiger partial charge in [0.05, 0.1) is 6.54 Å². The van der Waals surface area contributed by atoms with Gasteiger partial charge in [0.2, 0.25) is 11.8 Å². The molecular formula is C47H51N5O4. The fourth-order valence-electron chi connectivity index (χ4n) is 11.1. The summed E-state index contributed by atoms with van der Waals surface area (Å²) in [7, 11) is 0. The average molecular weight is 750 g/mol. The number of hydrazine groups is 1. The van der Waals surface area contributed by atoms with Crippen molar-refractivity contribution < 1.29 is 19.5 Å². The number of carbonyl (C=O) groups is 3. The van der Waals surface area contributed by atoms with Gasteiger partial charge < -0.3 is 14.9 Å². The minimum absolute atomic E-state index is 0.257. The van der Waals surface area contributed by atoms with Crippen LogP contribution >= 0.6 is 0 Å². The molecule has 0 radical (unpaired) electrons. The Labute approximate surface area is 329 Å². The second-order valence-corrected chi connectivity index (χ2v) is 17.3. The normalized spacial score (nSPS) is 25.8. The molecule has 0 bridgehead atoms. The highest BCUT2D eigenvalue weighted by atomic mass is 16.3. The Hall–Kier alpha value is -5.15. The SMILES string of the molecule is O=C1c2ccc(N3CCC4(CCN(C5CCN(c6ccc(C7c8ccc(O)cc8CCC7c7ccccc7)cc6)CC5)C4)C3)cc2CN1N1C(=O)CCCC1=O. The van der Waals surface area contributed by atoms with Crippen molar-refractivity contribution in [1.82, 2.24) is 14.9 Å². The van der Waals surface area contributed by atoms with Crippen LogP contribution in [0.25, 0.3) is 0 Å². The first-order valence-corrected chi connectivity index (χ1v) is 20.8. The molecule has 56 heavy (non-hydrogen) atoms. The van der Waals surface area contributed by atoms with Gasteiger partial charge in [0, 0.05) is 79.9 Å². The number of phenols is 1. The molecule has 4 aromatic rings. The van der Waals surface area contributed by atoms with E-state index < -0.39 is 0 Å². The van der Waals surface area contributed by atoms with Crippen molar-refractivity contribution in [2.45, 2.75) is 82.2 Å². The van der Waals surface area contributed by atoms with Crippen LogP contribution in [0, 0.1) is 5.41 Å². The molecule has 10 rings (SSSR count). The summed E-state index contributed by atoms with van der Waals surface area (Å²) in [6.07, 6.45) is 7.95. The van der Waals surface area contributed by atoms with E-state index in [0.717, 1.165) is 68.4 Å². The van der Waals surface area contributed by atoms with E-state index in [1.807, 2.05) is 18.2 Å². The van der Waals surface area contributed by atoms with Gasteiger partial charge in [0.25, 0.3) is 5.91 Å². The molecule has 4 aromatic carbocycles. The molecule has 1 N–H and O–H groups in total. The smallest absolute Gasteiger partial charge is 0.273 e. The summed E-state index contributed by atoms with van der Waals surface area (Å²) in [6, 6.07) is 32.9. The topological polar surface area (TPSA) is 87.6 Å². The van der Waals surface area contributed by atoms with E-state index in [1.54, 1.807) is 0 Å². The van der Waals surface area contributed by atoms with Crippen molar-refractivity contribution in [3.63, 3.8) is 0 Å². The predicted octanol–water partition coefficient (Wildman–Crippen LogP) is 7.24. The van der Waals surface area contributed by atoms with Crippen molar-refractivity contribution >= 4 is 29.1 Å². The number of fused-ring (bicyclic) bond motifs is 2. The van der Waals surface area contributed by atoms with Crippen molar-refractivity contribution in [3.05, 3.63) is 124 Å². The molecular weight excluding hydrogens is 699 g/mol. The van der Waals surface area contributed by atoms with E-state index in [4.69, 9.17) is 0 Å². The number of amides is 3. The van der Waals surface area contributed by atoms with Gasteiger partial charge in [-0.05, 0) is 128 Å². The summed E-state index contributed by atoms with van der Waals surface area (Å²) in [6.45, 7) is 6.72. The summed E-state index contributed by atoms with van der Waals surface area (Å²) in [5, 5.41) is 12.7. The summed E-state index contributed by atoms with van der Waals surface area (Å²) >= 11 is 0. The number of imide groups is 1. The van der Waals surface area contributed by atoms with Crippen LogP contribution in [-0.2, 0) is 22.6 Å². The Morgan fingerprint density at radius 3 is 2.18 bits per heavy atom. The molecule has 0 aromatic heterocycles. The molecule has 6 aliphatic rings. The van der Waals surface area contributed by atoms with Crippen LogP contribution < -0.4 is 9.80 Å². The van der Waals surface area contributed by atoms with Crippen LogP contribution in [0.4, 0.5) is 11.4 Å². The van der Waals surface area contributed by atoms with Gasteiger partial charge >= 0.3 is 0 Å². The van der Waals surface area contributed by atoms with Crippen molar-refractivity contribution in [2.75, 3.05) is 49.1 Å². The lowest BCUT2D eigenvalue weighted by atomic mass is 9.69. The highest BCUT2D eigenvalue weighted by molar-refractivity contribution is 6.04. The summed E-state index contributed by atoms with van der Waals surface area (Å²) in [5.74, 6) is 0.198. The third-order valence-corrected chi connectivity index (χ3v) is 14.1. The van der Waals surface area contributed by atoms with Crippen molar-refractivity contribution in [1.29, 1.82) is 0 Å². The summed E-state index contributed by atoms with van der Waals surface area (Å²) < 4.78 is 0. The zero-order chi connectivity index (χ0) is 38.0. The molecule has 4 fully saturated rings. The fraction of sp³-hybridized carbons (Fsp3) is 0.426. The number of likely N-dealkylation sites (tertiary alicyclic amines) is 1. The molecule has 3 unspecified atom stereocenters. The molecule has 0 saturated carbocycles. The largest absolute Gasteiger partial charge is 0.508 e. The Balaban J connectivity index is 0.764. The maximum absolute atomic E-state index is 13.2. The molecule has 1 aliphatic carbocycles. The number of piperidine rings is 2. The van der Waals surface area contributed by atoms with E-state index >= 15 is 0 Å². The lowest BCUT2D eigenvalue weighted by Crippen LogP contribution is -2.51. The highest BCUT2D eigenvalue weighted by Crippen LogP contribution is 2.48. The summed E-state index contributed by atoms with van der Waals surface area (Å²) in [4.78, 5) is 46.2. The fourth-order valence-corrected chi connectivity index (χ4v) is 11.1. The highest BCUT2D eigenvalue weighted by Gasteiger charge is 2.46. The number of nitrogens with zero attached hydrogens (tertiary/aromatic N) is 5. The van der Waals surface area contributed by atoms with Gasteiger partial charge in [0.15, 0.2) is 0 Å². The van der Waals surface area contributed by atoms with Gasteiger partial charge in [-0.3, -0.25) is 19.3 Å². The van der Waals surface area contributed by atoms with E-state index in [2.05, 4.69) is 87.5 Å². The first-order chi connectivity index (χ1) is 27.3. The zero-order valence-electron chi connectivity index (χ0n) is 32.1. The Bertz CT molecular complexity index is 2150. The van der Waals surface area contributed by atoms with Crippen LogP contribution in [-0.4, -0.2) is 83.1 Å². The molecule has 1 spiro atoms. The number of aromatic hydroxyl groups is 1. The van der Waals surface area contributed by atoms with E-state index in [9.17, 15) is 19.5 Å². The number of hydrogen-bond acceptors (Lipinski definition) is 7. The van der Waals surface area contributed by atoms with Crippen LogP contribution in [0.15, 0.2) is 91.0 Å². The van der Waals surface area contributed by atoms with Crippen LogP contribution in [0.3, 0.4) is 0 Å². The average Bonchev–Trinajstić information content (AvgIpc) is 3.94. The number of anilines is 2. The maximum Gasteiger partial charge on any atom is 0.273 e. The number of benzene rings is 4. The lowest BCUT2D eigenvalue weighted by Gasteiger charge is -2.39. The molecule has 3 amide bonds. The number of hydrogen-bond donors (Lipinski definition) is 1. The van der Waals surface area contributed by atoms with Crippen LogP contribution in [0.1, 0.15) is 101 Å². The standard InChI is InChI=1S/C47H51N5O4/c53-39-15-18-41-34(28-39)11-16-40(32-5-2-1-3-6-32)45(41)33-9-12-36(13-10-33)48-23-19-37(20-24-48)49-25-21-47(30-49)22-26-50(31-47)38-14-17-42-35(27-38)29-51(46(42)56)52-43(54)7-4-8-44(52)55/h1-3,5-6,9-10,12-15,17-18,27-28,37,40,45,53H,4,7-8,11,16,19-26,29-31H2. The number of carbonyl (C=O) groups excluding carboxylic acids is 3. The predicted molar refractivity (Wildman–Crippen MR) is 217 cm³/mol. The minimum Gasteiger partial charge on any atom is -0.508 e. The zero-order valence-corrected chi connectivity index (χ0v) is 32.1. The van der Waals surface area contributed by atoms with Crippen LogP contribution in [0.2, 0.25) is 0 Å². The molecule has 288 valence electrons. The van der Waals surface area contributed by atoms with Gasteiger partial charge in [-0.25, -0.2) is 5.01 Å². The molecule has 3 atom stereocenters. The van der Waals surface area contributed by atoms with E-state index in [1.165, 1.54) is 58.6 Å². The monoisotopic (exact) mass is 749 g/mol. The van der Waals surface area contributed by atoms with Crippen LogP contribution in [0.5, 0.6) is 5.75 Å². The quantitative estimate of drug-likeness (QED) is 0.208. The van der Waals surface area contributed by atoms with Gasteiger partial charge in [-0.2, -0.15) is 5.01 Å². The Kier molecular flexibility index (Phi) is 8.88. The second kappa shape index (κ2) is 14.1. The van der Waals surface area contributed by atoms with E-state index in [-0.39, 0.29) is 35.6 Å². The third kappa shape index (κ3) is 6.24. The molecule has 9 nitrogen and oxygen atoms in total. The lowest BCUT2D eigenvalue weighted by molar-refractivity contribution is -0.163.